The molecule has 0 aliphatic heterocycles. The highest BCUT2D eigenvalue weighted by Gasteiger charge is 2.41. The molecule has 0 saturated carbocycles. The second-order valence-electron chi connectivity index (χ2n) is 6.31. The van der Waals surface area contributed by atoms with Crippen LogP contribution in [0.1, 0.15) is 66.2 Å². The first-order valence-electron chi connectivity index (χ1n) is 7.88. The minimum atomic E-state index is -0.781. The molecule has 0 amide bonds. The standard InChI is InChI=1S/C18H30O2/c1-14(2)10-7-6-8-13-17(19)18(20-5)15(3)11-9-12-16(18)4/h11-12,14H,6-10,13H2,1-5H3. The Bertz CT molecular complexity index is 370. The van der Waals surface area contributed by atoms with E-state index in [9.17, 15) is 4.79 Å². The van der Waals surface area contributed by atoms with Gasteiger partial charge < -0.3 is 4.74 Å². The van der Waals surface area contributed by atoms with Gasteiger partial charge in [0.15, 0.2) is 11.4 Å². The number of methoxy groups -OCH3 is 1. The van der Waals surface area contributed by atoms with Gasteiger partial charge in [-0.25, -0.2) is 0 Å². The molecule has 1 rings (SSSR count). The van der Waals surface area contributed by atoms with Crippen LogP contribution in [0.15, 0.2) is 23.3 Å². The molecule has 0 bridgehead atoms. The van der Waals surface area contributed by atoms with Gasteiger partial charge >= 0.3 is 0 Å². The third-order valence-corrected chi connectivity index (χ3v) is 4.34. The molecular formula is C18H30O2. The normalized spacial score (nSPS) is 17.9. The molecule has 0 heterocycles. The van der Waals surface area contributed by atoms with Gasteiger partial charge in [-0.2, -0.15) is 0 Å². The first-order valence-corrected chi connectivity index (χ1v) is 7.88. The molecule has 1 aliphatic rings. The van der Waals surface area contributed by atoms with Crippen LogP contribution in [-0.4, -0.2) is 18.5 Å². The SMILES string of the molecule is COC1(C(=O)CCCCCC(C)C)C(C)=CCC=C1C. The van der Waals surface area contributed by atoms with Crippen molar-refractivity contribution >= 4 is 5.78 Å². The Morgan fingerprint density at radius 3 is 2.30 bits per heavy atom. The van der Waals surface area contributed by atoms with Crippen molar-refractivity contribution in [2.24, 2.45) is 5.92 Å². The fourth-order valence-electron chi connectivity index (χ4n) is 3.08. The maximum Gasteiger partial charge on any atom is 0.173 e. The number of rotatable bonds is 8. The van der Waals surface area contributed by atoms with E-state index in [0.717, 1.165) is 36.3 Å². The molecule has 0 saturated heterocycles. The Hall–Kier alpha value is -0.890. The van der Waals surface area contributed by atoms with Crippen LogP contribution in [0.5, 0.6) is 0 Å². The van der Waals surface area contributed by atoms with Gasteiger partial charge in [-0.15, -0.1) is 0 Å². The molecule has 0 N–H and O–H groups in total. The van der Waals surface area contributed by atoms with Crippen molar-refractivity contribution < 1.29 is 9.53 Å². The zero-order valence-electron chi connectivity index (χ0n) is 13.8. The van der Waals surface area contributed by atoms with Gasteiger partial charge in [-0.3, -0.25) is 4.79 Å². The van der Waals surface area contributed by atoms with E-state index in [2.05, 4.69) is 26.0 Å². The van der Waals surface area contributed by atoms with Crippen LogP contribution in [-0.2, 0) is 9.53 Å². The van der Waals surface area contributed by atoms with Gasteiger partial charge in [0, 0.05) is 13.5 Å². The molecule has 0 radical (unpaired) electrons. The Balaban J connectivity index is 2.57. The summed E-state index contributed by atoms with van der Waals surface area (Å²) >= 11 is 0. The Morgan fingerprint density at radius 2 is 1.80 bits per heavy atom. The van der Waals surface area contributed by atoms with Crippen LogP contribution in [0.4, 0.5) is 0 Å². The van der Waals surface area contributed by atoms with E-state index in [1.54, 1.807) is 7.11 Å². The number of unbranched alkanes of at least 4 members (excludes halogenated alkanes) is 2. The van der Waals surface area contributed by atoms with Crippen molar-refractivity contribution in [2.75, 3.05) is 7.11 Å². The second kappa shape index (κ2) is 7.78. The number of Topliss-reactive ketones (excluding diaryl/α,β-unsaturated/α-hetero) is 1. The summed E-state index contributed by atoms with van der Waals surface area (Å²) in [6.45, 7) is 8.51. The molecule has 0 aromatic rings. The maximum absolute atomic E-state index is 12.7. The van der Waals surface area contributed by atoms with Crippen LogP contribution in [0.25, 0.3) is 0 Å². The third-order valence-electron chi connectivity index (χ3n) is 4.34. The number of carbonyl (C=O) groups excluding carboxylic acids is 1. The lowest BCUT2D eigenvalue weighted by Crippen LogP contribution is -2.44. The molecule has 1 aliphatic carbocycles. The van der Waals surface area contributed by atoms with Gasteiger partial charge in [0.2, 0.25) is 0 Å². The largest absolute Gasteiger partial charge is 0.362 e. The molecule has 114 valence electrons. The molecule has 0 aromatic carbocycles. The summed E-state index contributed by atoms with van der Waals surface area (Å²) in [5, 5.41) is 0. The predicted octanol–water partition coefficient (Wildman–Crippen LogP) is 4.84. The number of ketones is 1. The number of ether oxygens (including phenoxy) is 1. The number of hydrogen-bond acceptors (Lipinski definition) is 2. The second-order valence-corrected chi connectivity index (χ2v) is 6.31. The summed E-state index contributed by atoms with van der Waals surface area (Å²) in [6.07, 6.45) is 10.3. The predicted molar refractivity (Wildman–Crippen MR) is 84.8 cm³/mol. The molecule has 20 heavy (non-hydrogen) atoms. The van der Waals surface area contributed by atoms with Crippen LogP contribution in [0, 0.1) is 5.92 Å². The fraction of sp³-hybridized carbons (Fsp3) is 0.722. The Labute approximate surface area is 124 Å². The van der Waals surface area contributed by atoms with Crippen molar-refractivity contribution in [3.05, 3.63) is 23.3 Å². The minimum absolute atomic E-state index is 0.215. The summed E-state index contributed by atoms with van der Waals surface area (Å²) in [5.74, 6) is 0.969. The summed E-state index contributed by atoms with van der Waals surface area (Å²) in [7, 11) is 1.65. The Kier molecular flexibility index (Phi) is 6.67. The van der Waals surface area contributed by atoms with Crippen LogP contribution in [0.3, 0.4) is 0 Å². The molecule has 0 unspecified atom stereocenters. The van der Waals surface area contributed by atoms with E-state index >= 15 is 0 Å². The molecular weight excluding hydrogens is 248 g/mol. The fourth-order valence-corrected chi connectivity index (χ4v) is 3.08. The third kappa shape index (κ3) is 3.82. The number of hydrogen-bond donors (Lipinski definition) is 0. The average Bonchev–Trinajstić information content (AvgIpc) is 2.38. The highest BCUT2D eigenvalue weighted by molar-refractivity contribution is 5.94. The molecule has 0 fully saturated rings. The van der Waals surface area contributed by atoms with Gasteiger partial charge in [0.25, 0.3) is 0 Å². The zero-order valence-corrected chi connectivity index (χ0v) is 13.8. The lowest BCUT2D eigenvalue weighted by Gasteiger charge is -2.35. The van der Waals surface area contributed by atoms with Gasteiger partial charge in [0.05, 0.1) is 0 Å². The summed E-state index contributed by atoms with van der Waals surface area (Å²) in [6, 6.07) is 0. The lowest BCUT2D eigenvalue weighted by atomic mass is 9.78. The van der Waals surface area contributed by atoms with Gasteiger partial charge in [-0.05, 0) is 43.8 Å². The van der Waals surface area contributed by atoms with Crippen molar-refractivity contribution in [2.45, 2.75) is 71.8 Å². The summed E-state index contributed by atoms with van der Waals surface area (Å²) in [4.78, 5) is 12.7. The molecule has 0 atom stereocenters. The van der Waals surface area contributed by atoms with Crippen molar-refractivity contribution in [3.63, 3.8) is 0 Å². The van der Waals surface area contributed by atoms with E-state index in [0.29, 0.717) is 6.42 Å². The molecule has 2 heteroatoms. The average molecular weight is 278 g/mol. The quantitative estimate of drug-likeness (QED) is 0.469. The molecule has 0 spiro atoms. The van der Waals surface area contributed by atoms with Crippen molar-refractivity contribution in [1.82, 2.24) is 0 Å². The number of allylic oxidation sites excluding steroid dienone is 2. The molecule has 0 aromatic heterocycles. The minimum Gasteiger partial charge on any atom is -0.362 e. The van der Waals surface area contributed by atoms with Crippen molar-refractivity contribution in [1.29, 1.82) is 0 Å². The monoisotopic (exact) mass is 278 g/mol. The van der Waals surface area contributed by atoms with Gasteiger partial charge in [0.1, 0.15) is 0 Å². The van der Waals surface area contributed by atoms with E-state index in [4.69, 9.17) is 4.74 Å². The van der Waals surface area contributed by atoms with E-state index in [1.165, 1.54) is 12.8 Å². The summed E-state index contributed by atoms with van der Waals surface area (Å²) in [5.41, 5.74) is 1.32. The van der Waals surface area contributed by atoms with Crippen LogP contribution >= 0.6 is 0 Å². The highest BCUT2D eigenvalue weighted by Crippen LogP contribution is 2.35. The van der Waals surface area contributed by atoms with Crippen molar-refractivity contribution in [3.8, 4) is 0 Å². The summed E-state index contributed by atoms with van der Waals surface area (Å²) < 4.78 is 5.67. The van der Waals surface area contributed by atoms with Crippen LogP contribution in [0.2, 0.25) is 0 Å². The van der Waals surface area contributed by atoms with E-state index < -0.39 is 5.60 Å². The topological polar surface area (TPSA) is 26.3 Å². The lowest BCUT2D eigenvalue weighted by molar-refractivity contribution is -0.133. The molecule has 2 nitrogen and oxygen atoms in total. The highest BCUT2D eigenvalue weighted by atomic mass is 16.5. The zero-order chi connectivity index (χ0) is 15.2. The first-order chi connectivity index (χ1) is 9.45. The van der Waals surface area contributed by atoms with Crippen LogP contribution < -0.4 is 0 Å². The smallest absolute Gasteiger partial charge is 0.173 e. The number of carbonyl (C=O) groups is 1. The Morgan fingerprint density at radius 1 is 1.20 bits per heavy atom. The first kappa shape index (κ1) is 17.2. The maximum atomic E-state index is 12.7. The van der Waals surface area contributed by atoms with E-state index in [-0.39, 0.29) is 5.78 Å². The van der Waals surface area contributed by atoms with E-state index in [1.807, 2.05) is 13.8 Å². The van der Waals surface area contributed by atoms with Gasteiger partial charge in [-0.1, -0.05) is 45.3 Å².